The van der Waals surface area contributed by atoms with Crippen molar-refractivity contribution in [2.75, 3.05) is 0 Å². The first-order chi connectivity index (χ1) is 8.03. The van der Waals surface area contributed by atoms with Crippen molar-refractivity contribution in [3.8, 4) is 0 Å². The van der Waals surface area contributed by atoms with Gasteiger partial charge in [-0.05, 0) is 38.0 Å². The van der Waals surface area contributed by atoms with Gasteiger partial charge in [0.1, 0.15) is 6.10 Å². The van der Waals surface area contributed by atoms with Crippen LogP contribution in [0.25, 0.3) is 0 Å². The van der Waals surface area contributed by atoms with Gasteiger partial charge in [0.2, 0.25) is 0 Å². The quantitative estimate of drug-likeness (QED) is 0.364. The van der Waals surface area contributed by atoms with Gasteiger partial charge in [0.15, 0.2) is 0 Å². The van der Waals surface area contributed by atoms with E-state index in [-0.39, 0.29) is 18.0 Å². The van der Waals surface area contributed by atoms with E-state index in [1.165, 1.54) is 24.8 Å². The van der Waals surface area contributed by atoms with Gasteiger partial charge in [-0.2, -0.15) is 0 Å². The first-order valence-electron chi connectivity index (χ1n) is 6.59. The Bertz CT molecular complexity index is 421. The molecule has 1 saturated carbocycles. The molecule has 0 amide bonds. The first kappa shape index (κ1) is 11.1. The molecule has 2 aliphatic carbocycles. The molecule has 1 aliphatic heterocycles. The fraction of sp³-hybridized carbons (Fsp3) is 0.667. The molecule has 2 nitrogen and oxygen atoms in total. The molecule has 0 aromatic heterocycles. The maximum Gasteiger partial charge on any atom is 0.334 e. The highest BCUT2D eigenvalue weighted by Gasteiger charge is 2.54. The van der Waals surface area contributed by atoms with Gasteiger partial charge < -0.3 is 4.74 Å². The summed E-state index contributed by atoms with van der Waals surface area (Å²) in [7, 11) is 0. The number of carbonyl (C=O) groups is 1. The van der Waals surface area contributed by atoms with E-state index in [0.29, 0.717) is 16.9 Å². The average Bonchev–Trinajstić information content (AvgIpc) is 2.54. The van der Waals surface area contributed by atoms with Crippen molar-refractivity contribution in [2.45, 2.75) is 45.6 Å². The molecule has 2 heteroatoms. The largest absolute Gasteiger partial charge is 0.458 e. The summed E-state index contributed by atoms with van der Waals surface area (Å²) in [6.07, 6.45) is 7.04. The second-order valence-electron chi connectivity index (χ2n) is 6.16. The molecule has 0 spiro atoms. The van der Waals surface area contributed by atoms with E-state index in [1.54, 1.807) is 0 Å². The molecule has 0 aromatic carbocycles. The third-order valence-corrected chi connectivity index (χ3v) is 5.13. The normalized spacial score (nSPS) is 44.8. The molecule has 17 heavy (non-hydrogen) atoms. The van der Waals surface area contributed by atoms with Crippen LogP contribution >= 0.6 is 0 Å². The Hall–Kier alpha value is -1.05. The molecular weight excluding hydrogens is 212 g/mol. The molecule has 0 aromatic rings. The summed E-state index contributed by atoms with van der Waals surface area (Å²) in [4.78, 5) is 11.7. The fourth-order valence-corrected chi connectivity index (χ4v) is 4.15. The van der Waals surface area contributed by atoms with Crippen molar-refractivity contribution in [3.05, 3.63) is 23.8 Å². The molecule has 1 heterocycles. The van der Waals surface area contributed by atoms with Gasteiger partial charge in [-0.1, -0.05) is 25.2 Å². The fourth-order valence-electron chi connectivity index (χ4n) is 4.15. The van der Waals surface area contributed by atoms with Crippen molar-refractivity contribution in [1.82, 2.24) is 0 Å². The van der Waals surface area contributed by atoms with Crippen LogP contribution in [0, 0.1) is 17.3 Å². The van der Waals surface area contributed by atoms with Crippen LogP contribution in [0.3, 0.4) is 0 Å². The zero-order chi connectivity index (χ0) is 12.2. The number of ether oxygens (including phenoxy) is 1. The predicted octanol–water partition coefficient (Wildman–Crippen LogP) is 3.24. The highest BCUT2D eigenvalue weighted by atomic mass is 16.6. The van der Waals surface area contributed by atoms with Gasteiger partial charge in [-0.25, -0.2) is 4.79 Å². The molecule has 0 N–H and O–H groups in total. The van der Waals surface area contributed by atoms with Gasteiger partial charge in [0.05, 0.1) is 0 Å². The minimum absolute atomic E-state index is 0.0605. The van der Waals surface area contributed by atoms with Gasteiger partial charge in [-0.3, -0.25) is 0 Å². The Balaban J connectivity index is 2.00. The summed E-state index contributed by atoms with van der Waals surface area (Å²) in [5.41, 5.74) is 2.44. The lowest BCUT2D eigenvalue weighted by Gasteiger charge is -2.49. The molecule has 3 aliphatic rings. The van der Waals surface area contributed by atoms with E-state index < -0.39 is 0 Å². The molecule has 2 fully saturated rings. The van der Waals surface area contributed by atoms with E-state index in [4.69, 9.17) is 4.74 Å². The molecule has 3 rings (SSSR count). The molecular formula is C15H20O2. The summed E-state index contributed by atoms with van der Waals surface area (Å²) in [5, 5.41) is 0. The molecule has 92 valence electrons. The number of esters is 1. The van der Waals surface area contributed by atoms with Gasteiger partial charge >= 0.3 is 5.97 Å². The lowest BCUT2D eigenvalue weighted by molar-refractivity contribution is -0.144. The molecule has 4 atom stereocenters. The second-order valence-corrected chi connectivity index (χ2v) is 6.16. The van der Waals surface area contributed by atoms with Crippen LogP contribution < -0.4 is 0 Å². The monoisotopic (exact) mass is 232 g/mol. The van der Waals surface area contributed by atoms with Crippen molar-refractivity contribution in [1.29, 1.82) is 0 Å². The number of hydrogen-bond acceptors (Lipinski definition) is 2. The minimum atomic E-state index is -0.164. The van der Waals surface area contributed by atoms with Crippen LogP contribution in [-0.2, 0) is 9.53 Å². The van der Waals surface area contributed by atoms with E-state index in [9.17, 15) is 4.79 Å². The SMILES string of the molecule is C=C1C(=O)O[C@@H]2[C@H]1CC[C@]1(C)CCC=C(C)[C@@H]21. The molecule has 0 unspecified atom stereocenters. The Morgan fingerprint density at radius 2 is 2.24 bits per heavy atom. The van der Waals surface area contributed by atoms with E-state index in [0.717, 1.165) is 6.42 Å². The van der Waals surface area contributed by atoms with E-state index in [2.05, 4.69) is 26.5 Å². The number of hydrogen-bond donors (Lipinski definition) is 0. The third-order valence-electron chi connectivity index (χ3n) is 5.13. The van der Waals surface area contributed by atoms with E-state index in [1.807, 2.05) is 0 Å². The predicted molar refractivity (Wildman–Crippen MR) is 66.3 cm³/mol. The number of fused-ring (bicyclic) bond motifs is 3. The second kappa shape index (κ2) is 3.47. The smallest absolute Gasteiger partial charge is 0.334 e. The van der Waals surface area contributed by atoms with Gasteiger partial charge in [0, 0.05) is 17.4 Å². The van der Waals surface area contributed by atoms with Crippen LogP contribution in [0.2, 0.25) is 0 Å². The molecule has 0 bridgehead atoms. The summed E-state index contributed by atoms with van der Waals surface area (Å²) < 4.78 is 5.60. The standard InChI is InChI=1S/C15H20O2/c1-9-5-4-7-15(3)8-6-11-10(2)14(16)17-13(11)12(9)15/h5,11-13H,2,4,6-8H2,1,3H3/t11-,12-,13+,15-/m0/s1. The maximum atomic E-state index is 11.7. The lowest BCUT2D eigenvalue weighted by Crippen LogP contribution is -2.45. The van der Waals surface area contributed by atoms with Gasteiger partial charge in [0.25, 0.3) is 0 Å². The van der Waals surface area contributed by atoms with E-state index >= 15 is 0 Å². The number of rotatable bonds is 0. The lowest BCUT2D eigenvalue weighted by atomic mass is 9.56. The van der Waals surface area contributed by atoms with Gasteiger partial charge in [-0.15, -0.1) is 0 Å². The van der Waals surface area contributed by atoms with Crippen LogP contribution in [0.4, 0.5) is 0 Å². The van der Waals surface area contributed by atoms with Crippen molar-refractivity contribution < 1.29 is 9.53 Å². The molecule has 1 saturated heterocycles. The Morgan fingerprint density at radius 3 is 3.00 bits per heavy atom. The number of allylic oxidation sites excluding steroid dienone is 1. The molecule has 0 radical (unpaired) electrons. The summed E-state index contributed by atoms with van der Waals surface area (Å²) in [6, 6.07) is 0. The summed E-state index contributed by atoms with van der Waals surface area (Å²) in [5.74, 6) is 0.517. The highest BCUT2D eigenvalue weighted by Crippen LogP contribution is 2.55. The van der Waals surface area contributed by atoms with Crippen molar-refractivity contribution >= 4 is 5.97 Å². The Morgan fingerprint density at radius 1 is 1.47 bits per heavy atom. The zero-order valence-electron chi connectivity index (χ0n) is 10.7. The van der Waals surface area contributed by atoms with Crippen LogP contribution in [0.15, 0.2) is 23.8 Å². The van der Waals surface area contributed by atoms with Crippen molar-refractivity contribution in [3.63, 3.8) is 0 Å². The minimum Gasteiger partial charge on any atom is -0.458 e. The van der Waals surface area contributed by atoms with Crippen molar-refractivity contribution in [2.24, 2.45) is 17.3 Å². The summed E-state index contributed by atoms with van der Waals surface area (Å²) in [6.45, 7) is 8.47. The zero-order valence-corrected chi connectivity index (χ0v) is 10.7. The highest BCUT2D eigenvalue weighted by molar-refractivity contribution is 5.91. The maximum absolute atomic E-state index is 11.7. The first-order valence-corrected chi connectivity index (χ1v) is 6.59. The van der Waals surface area contributed by atoms with Crippen LogP contribution in [0.5, 0.6) is 0 Å². The Labute approximate surface area is 103 Å². The Kier molecular flexibility index (Phi) is 2.26. The van der Waals surface area contributed by atoms with Crippen LogP contribution in [0.1, 0.15) is 39.5 Å². The summed E-state index contributed by atoms with van der Waals surface area (Å²) >= 11 is 0. The number of carbonyl (C=O) groups excluding carboxylic acids is 1. The third kappa shape index (κ3) is 1.42. The topological polar surface area (TPSA) is 26.3 Å². The average molecular weight is 232 g/mol. The van der Waals surface area contributed by atoms with Crippen LogP contribution in [-0.4, -0.2) is 12.1 Å².